The van der Waals surface area contributed by atoms with Crippen LogP contribution in [0.4, 0.5) is 0 Å². The number of carbonyl (C=O) groups excluding carboxylic acids is 2. The number of hydrogen-bond donors (Lipinski definition) is 4. The van der Waals surface area contributed by atoms with Crippen molar-refractivity contribution in [3.8, 4) is 0 Å². The maximum atomic E-state index is 10.4. The van der Waals surface area contributed by atoms with Crippen LogP contribution in [-0.2, 0) is 23.9 Å². The summed E-state index contributed by atoms with van der Waals surface area (Å²) in [4.78, 5) is 39.6. The Morgan fingerprint density at radius 2 is 1.44 bits per heavy atom. The van der Waals surface area contributed by atoms with Crippen LogP contribution < -0.4 is 5.32 Å². The van der Waals surface area contributed by atoms with E-state index in [1.54, 1.807) is 20.8 Å². The zero-order valence-corrected chi connectivity index (χ0v) is 16.2. The summed E-state index contributed by atoms with van der Waals surface area (Å²) in [5, 5.41) is 26.0. The molecule has 154 valence electrons. The van der Waals surface area contributed by atoms with Gasteiger partial charge in [-0.3, -0.25) is 4.79 Å². The highest BCUT2D eigenvalue weighted by Crippen LogP contribution is 1.93. The lowest BCUT2D eigenvalue weighted by molar-refractivity contribution is -0.136. The van der Waals surface area contributed by atoms with Crippen molar-refractivity contribution in [1.82, 2.24) is 5.32 Å². The molecule has 0 spiro atoms. The number of carboxylic acids is 2. The van der Waals surface area contributed by atoms with Crippen LogP contribution in [-0.4, -0.2) is 53.0 Å². The number of rotatable bonds is 6. The van der Waals surface area contributed by atoms with Crippen molar-refractivity contribution >= 4 is 23.8 Å². The number of amides is 1. The van der Waals surface area contributed by atoms with E-state index in [0.29, 0.717) is 17.6 Å². The first kappa shape index (κ1) is 31.6. The molecule has 0 saturated carbocycles. The predicted octanol–water partition coefficient (Wildman–Crippen LogP) is 1.66. The molecule has 27 heavy (non-hydrogen) atoms. The topological polar surface area (TPSA) is 150 Å². The summed E-state index contributed by atoms with van der Waals surface area (Å²) in [5.74, 6) is -2.54. The van der Waals surface area contributed by atoms with Crippen molar-refractivity contribution in [3.63, 3.8) is 0 Å². The Hall–Kier alpha value is -3.20. The van der Waals surface area contributed by atoms with E-state index in [2.05, 4.69) is 36.4 Å². The quantitative estimate of drug-likeness (QED) is 0.305. The molecular formula is C18H29NO8. The van der Waals surface area contributed by atoms with E-state index in [9.17, 15) is 19.2 Å². The largest absolute Gasteiger partial charge is 0.478 e. The maximum absolute atomic E-state index is 10.4. The molecule has 9 nitrogen and oxygen atoms in total. The molecule has 4 N–H and O–H groups in total. The molecule has 0 rings (SSSR count). The van der Waals surface area contributed by atoms with Gasteiger partial charge in [0.1, 0.15) is 6.73 Å². The molecular weight excluding hydrogens is 358 g/mol. The van der Waals surface area contributed by atoms with Gasteiger partial charge in [0, 0.05) is 22.8 Å². The van der Waals surface area contributed by atoms with Crippen LogP contribution in [0.3, 0.4) is 0 Å². The SMILES string of the molecule is C=C(C)C(=O)NCO.C=C(C)C(=O)OC.C=C(CC)C(=O)O.C=CC(=O)O. The number of hydrogen-bond acceptors (Lipinski definition) is 6. The van der Waals surface area contributed by atoms with Gasteiger partial charge in [0.2, 0.25) is 5.91 Å². The molecule has 0 aliphatic carbocycles. The van der Waals surface area contributed by atoms with Crippen LogP contribution in [0.1, 0.15) is 27.2 Å². The van der Waals surface area contributed by atoms with Gasteiger partial charge in [-0.25, -0.2) is 14.4 Å². The first-order valence-electron chi connectivity index (χ1n) is 7.36. The number of carboxylic acid groups (broad SMARTS) is 2. The molecule has 0 aromatic rings. The zero-order chi connectivity index (χ0) is 22.6. The predicted molar refractivity (Wildman–Crippen MR) is 102 cm³/mol. The molecule has 0 aromatic heterocycles. The molecule has 0 unspecified atom stereocenters. The van der Waals surface area contributed by atoms with Crippen molar-refractivity contribution in [2.75, 3.05) is 13.8 Å². The van der Waals surface area contributed by atoms with Crippen molar-refractivity contribution in [1.29, 1.82) is 0 Å². The lowest BCUT2D eigenvalue weighted by Crippen LogP contribution is -2.24. The van der Waals surface area contributed by atoms with Crippen molar-refractivity contribution < 1.29 is 39.2 Å². The summed E-state index contributed by atoms with van der Waals surface area (Å²) < 4.78 is 4.27. The van der Waals surface area contributed by atoms with Gasteiger partial charge in [-0.15, -0.1) is 0 Å². The Balaban J connectivity index is -0.000000132. The standard InChI is InChI=1S/C5H9NO2.2C5H8O2.C3H4O2/c1-4(2)5(8)6-3-7;1-4(2)5(6)7-3;1-3-4(2)5(6)7;1-2-3(4)5/h7H,1,3H2,2H3,(H,6,8);1H2,2-3H3;2-3H2,1H3,(H,6,7);2H,1H2,(H,4,5). The lowest BCUT2D eigenvalue weighted by Gasteiger charge is -1.96. The minimum atomic E-state index is -0.981. The lowest BCUT2D eigenvalue weighted by atomic mass is 10.2. The van der Waals surface area contributed by atoms with Crippen molar-refractivity contribution in [3.05, 3.63) is 49.1 Å². The van der Waals surface area contributed by atoms with Gasteiger partial charge in [0.25, 0.3) is 0 Å². The number of carbonyl (C=O) groups is 4. The fourth-order valence-corrected chi connectivity index (χ4v) is 0.548. The normalized spacial score (nSPS) is 7.74. The Bertz CT molecular complexity index is 524. The Morgan fingerprint density at radius 1 is 1.04 bits per heavy atom. The van der Waals surface area contributed by atoms with Gasteiger partial charge >= 0.3 is 17.9 Å². The molecule has 0 bridgehead atoms. The third-order valence-electron chi connectivity index (χ3n) is 2.06. The Kier molecular flexibility index (Phi) is 24.4. The van der Waals surface area contributed by atoms with Gasteiger partial charge in [-0.05, 0) is 20.3 Å². The van der Waals surface area contributed by atoms with Gasteiger partial charge < -0.3 is 25.4 Å². The number of nitrogens with one attached hydrogen (secondary N) is 1. The molecule has 0 atom stereocenters. The highest BCUT2D eigenvalue weighted by atomic mass is 16.5. The second-order valence-electron chi connectivity index (χ2n) is 4.52. The third-order valence-corrected chi connectivity index (χ3v) is 2.06. The second kappa shape index (κ2) is 20.8. The molecule has 1 amide bonds. The molecule has 0 heterocycles. The Labute approximate surface area is 159 Å². The van der Waals surface area contributed by atoms with Gasteiger partial charge in [0.15, 0.2) is 0 Å². The van der Waals surface area contributed by atoms with Gasteiger partial charge in [-0.1, -0.05) is 33.2 Å². The fourth-order valence-electron chi connectivity index (χ4n) is 0.548. The summed E-state index contributed by atoms with van der Waals surface area (Å²) >= 11 is 0. The van der Waals surface area contributed by atoms with Crippen LogP contribution in [0.15, 0.2) is 49.1 Å². The summed E-state index contributed by atoms with van der Waals surface area (Å²) in [6.45, 7) is 17.5. The van der Waals surface area contributed by atoms with Crippen LogP contribution in [0.5, 0.6) is 0 Å². The fraction of sp³-hybridized carbons (Fsp3) is 0.333. The maximum Gasteiger partial charge on any atom is 0.332 e. The van der Waals surface area contributed by atoms with Crippen molar-refractivity contribution in [2.45, 2.75) is 27.2 Å². The van der Waals surface area contributed by atoms with E-state index in [1.807, 2.05) is 0 Å². The number of aliphatic hydroxyl groups is 1. The number of methoxy groups -OCH3 is 1. The first-order valence-corrected chi connectivity index (χ1v) is 7.36. The number of ether oxygens (including phenoxy) is 1. The summed E-state index contributed by atoms with van der Waals surface area (Å²) in [5.41, 5.74) is 1.10. The average Bonchev–Trinajstić information content (AvgIpc) is 2.61. The zero-order valence-electron chi connectivity index (χ0n) is 16.2. The molecule has 0 aromatic carbocycles. The van der Waals surface area contributed by atoms with Gasteiger partial charge in [-0.2, -0.15) is 0 Å². The van der Waals surface area contributed by atoms with Gasteiger partial charge in [0.05, 0.1) is 7.11 Å². The van der Waals surface area contributed by atoms with E-state index in [0.717, 1.165) is 6.08 Å². The second-order valence-corrected chi connectivity index (χ2v) is 4.52. The first-order chi connectivity index (χ1) is 12.3. The molecule has 0 radical (unpaired) electrons. The Morgan fingerprint density at radius 3 is 1.48 bits per heavy atom. The average molecular weight is 387 g/mol. The van der Waals surface area contributed by atoms with Crippen LogP contribution in [0, 0.1) is 0 Å². The summed E-state index contributed by atoms with van der Waals surface area (Å²) in [7, 11) is 1.33. The number of aliphatic hydroxyl groups excluding tert-OH is 1. The van der Waals surface area contributed by atoms with E-state index >= 15 is 0 Å². The summed E-state index contributed by atoms with van der Waals surface area (Å²) in [6, 6.07) is 0. The van der Waals surface area contributed by atoms with E-state index in [1.165, 1.54) is 7.11 Å². The third kappa shape index (κ3) is 31.1. The molecule has 9 heteroatoms. The number of aliphatic carboxylic acids is 2. The van der Waals surface area contributed by atoms with Crippen LogP contribution in [0.2, 0.25) is 0 Å². The number of esters is 1. The van der Waals surface area contributed by atoms with Crippen LogP contribution in [0.25, 0.3) is 0 Å². The minimum absolute atomic E-state index is 0.264. The molecule has 0 aliphatic heterocycles. The van der Waals surface area contributed by atoms with E-state index in [-0.39, 0.29) is 24.2 Å². The van der Waals surface area contributed by atoms with E-state index in [4.69, 9.17) is 15.3 Å². The summed E-state index contributed by atoms with van der Waals surface area (Å²) in [6.07, 6.45) is 1.36. The van der Waals surface area contributed by atoms with Crippen LogP contribution >= 0.6 is 0 Å². The monoisotopic (exact) mass is 387 g/mol. The molecule has 0 fully saturated rings. The van der Waals surface area contributed by atoms with E-state index < -0.39 is 11.9 Å². The highest BCUT2D eigenvalue weighted by Gasteiger charge is 1.97. The van der Waals surface area contributed by atoms with Crippen molar-refractivity contribution in [2.24, 2.45) is 0 Å². The smallest absolute Gasteiger partial charge is 0.332 e. The molecule has 0 saturated heterocycles. The minimum Gasteiger partial charge on any atom is -0.478 e. The molecule has 0 aliphatic rings. The highest BCUT2D eigenvalue weighted by molar-refractivity contribution is 5.91.